The first-order chi connectivity index (χ1) is 9.28. The van der Waals surface area contributed by atoms with Gasteiger partial charge in [-0.3, -0.25) is 14.5 Å². The molecule has 0 heterocycles. The van der Waals surface area contributed by atoms with Gasteiger partial charge in [-0.1, -0.05) is 0 Å². The summed E-state index contributed by atoms with van der Waals surface area (Å²) in [6.45, 7) is 7.61. The second-order valence-electron chi connectivity index (χ2n) is 6.25. The molecule has 6 nitrogen and oxygen atoms in total. The minimum atomic E-state index is -0.984. The summed E-state index contributed by atoms with van der Waals surface area (Å²) in [6, 6.07) is -1.59. The van der Waals surface area contributed by atoms with Gasteiger partial charge >= 0.3 is 11.9 Å². The van der Waals surface area contributed by atoms with Crippen molar-refractivity contribution in [3.05, 3.63) is 0 Å². The Kier molecular flexibility index (Phi) is 7.55. The fourth-order valence-electron chi connectivity index (χ4n) is 2.18. The highest BCUT2D eigenvalue weighted by atomic mass is 32.1. The van der Waals surface area contributed by atoms with E-state index in [4.69, 9.17) is 5.11 Å². The zero-order chi connectivity index (χ0) is 17.0. The Balaban J connectivity index is 4.64. The van der Waals surface area contributed by atoms with Crippen LogP contribution in [0, 0.1) is 0 Å². The first-order valence-corrected chi connectivity index (χ1v) is 7.52. The standard InChI is InChI=1S/C13H26N2O4S2/c1-12(2,20)8(10(16)17)14-6-7-15(5)9(11(18)19)13(3,4)21/h8-9,14,20-21H,6-7H2,1-5H3,(H,16,17)(H,18,19). The normalized spacial score (nSPS) is 15.8. The molecular formula is C13H26N2O4S2. The van der Waals surface area contributed by atoms with Crippen molar-refractivity contribution in [1.82, 2.24) is 10.2 Å². The van der Waals surface area contributed by atoms with E-state index in [1.807, 2.05) is 0 Å². The van der Waals surface area contributed by atoms with E-state index in [2.05, 4.69) is 30.6 Å². The van der Waals surface area contributed by atoms with Crippen molar-refractivity contribution in [3.8, 4) is 0 Å². The number of likely N-dealkylation sites (N-methyl/N-ethyl adjacent to an activating group) is 1. The summed E-state index contributed by atoms with van der Waals surface area (Å²) in [4.78, 5) is 24.2. The van der Waals surface area contributed by atoms with Crippen LogP contribution in [-0.2, 0) is 9.59 Å². The van der Waals surface area contributed by atoms with E-state index in [0.717, 1.165) is 0 Å². The number of carbonyl (C=O) groups is 2. The van der Waals surface area contributed by atoms with Crippen LogP contribution >= 0.6 is 25.3 Å². The molecule has 124 valence electrons. The van der Waals surface area contributed by atoms with Crippen molar-refractivity contribution in [2.45, 2.75) is 49.3 Å². The molecule has 0 fully saturated rings. The Bertz CT molecular complexity index is 377. The summed E-state index contributed by atoms with van der Waals surface area (Å²) in [5, 5.41) is 21.4. The second-order valence-corrected chi connectivity index (χ2v) is 8.56. The summed E-state index contributed by atoms with van der Waals surface area (Å²) in [6.07, 6.45) is 0. The van der Waals surface area contributed by atoms with Gasteiger partial charge in [-0.05, 0) is 34.7 Å². The second kappa shape index (κ2) is 7.71. The van der Waals surface area contributed by atoms with Crippen molar-refractivity contribution in [2.75, 3.05) is 20.1 Å². The highest BCUT2D eigenvalue weighted by Crippen LogP contribution is 2.22. The third-order valence-corrected chi connectivity index (χ3v) is 3.61. The van der Waals surface area contributed by atoms with E-state index in [1.54, 1.807) is 39.6 Å². The van der Waals surface area contributed by atoms with Crippen molar-refractivity contribution in [1.29, 1.82) is 0 Å². The number of rotatable bonds is 9. The van der Waals surface area contributed by atoms with Crippen LogP contribution in [-0.4, -0.2) is 68.8 Å². The number of aliphatic carboxylic acids is 2. The number of nitrogens with one attached hydrogen (secondary N) is 1. The summed E-state index contributed by atoms with van der Waals surface area (Å²) in [7, 11) is 1.68. The maximum Gasteiger partial charge on any atom is 0.322 e. The number of thiol groups is 2. The molecule has 0 saturated carbocycles. The Morgan fingerprint density at radius 2 is 1.57 bits per heavy atom. The van der Waals surface area contributed by atoms with Crippen molar-refractivity contribution in [2.24, 2.45) is 0 Å². The zero-order valence-electron chi connectivity index (χ0n) is 13.1. The van der Waals surface area contributed by atoms with Crippen LogP contribution in [0.3, 0.4) is 0 Å². The van der Waals surface area contributed by atoms with Crippen LogP contribution in [0.25, 0.3) is 0 Å². The lowest BCUT2D eigenvalue weighted by atomic mass is 10.0. The van der Waals surface area contributed by atoms with E-state index in [-0.39, 0.29) is 0 Å². The van der Waals surface area contributed by atoms with E-state index < -0.39 is 33.5 Å². The minimum absolute atomic E-state index is 0.338. The Hall–Kier alpha value is -0.440. The molecule has 2 unspecified atom stereocenters. The molecule has 21 heavy (non-hydrogen) atoms. The molecule has 0 bridgehead atoms. The van der Waals surface area contributed by atoms with E-state index >= 15 is 0 Å². The highest BCUT2D eigenvalue weighted by molar-refractivity contribution is 7.82. The molecule has 0 aromatic rings. The van der Waals surface area contributed by atoms with Gasteiger partial charge in [0.05, 0.1) is 0 Å². The number of hydrogen-bond acceptors (Lipinski definition) is 6. The van der Waals surface area contributed by atoms with Crippen LogP contribution in [0.1, 0.15) is 27.7 Å². The van der Waals surface area contributed by atoms with Gasteiger partial charge in [-0.15, -0.1) is 0 Å². The highest BCUT2D eigenvalue weighted by Gasteiger charge is 2.36. The fraction of sp³-hybridized carbons (Fsp3) is 0.846. The topological polar surface area (TPSA) is 89.9 Å². The molecule has 0 spiro atoms. The van der Waals surface area contributed by atoms with Gasteiger partial charge in [0.1, 0.15) is 12.1 Å². The van der Waals surface area contributed by atoms with Gasteiger partial charge in [-0.25, -0.2) is 0 Å². The van der Waals surface area contributed by atoms with Gasteiger partial charge in [-0.2, -0.15) is 25.3 Å². The van der Waals surface area contributed by atoms with Crippen LogP contribution < -0.4 is 5.32 Å². The third-order valence-electron chi connectivity index (χ3n) is 3.11. The summed E-state index contributed by atoms with van der Waals surface area (Å²) in [5.74, 6) is -1.94. The smallest absolute Gasteiger partial charge is 0.322 e. The summed E-state index contributed by atoms with van der Waals surface area (Å²) in [5.41, 5.74) is 0. The quantitative estimate of drug-likeness (QED) is 0.400. The molecular weight excluding hydrogens is 312 g/mol. The van der Waals surface area contributed by atoms with Crippen LogP contribution in [0.4, 0.5) is 0 Å². The number of carboxylic acid groups (broad SMARTS) is 2. The summed E-state index contributed by atoms with van der Waals surface area (Å²) < 4.78 is -1.44. The predicted molar refractivity (Wildman–Crippen MR) is 89.6 cm³/mol. The molecule has 0 aromatic carbocycles. The van der Waals surface area contributed by atoms with Crippen LogP contribution in [0.5, 0.6) is 0 Å². The monoisotopic (exact) mass is 338 g/mol. The number of nitrogens with zero attached hydrogens (tertiary/aromatic N) is 1. The van der Waals surface area contributed by atoms with Gasteiger partial charge in [0.25, 0.3) is 0 Å². The van der Waals surface area contributed by atoms with Gasteiger partial charge in [0.15, 0.2) is 0 Å². The zero-order valence-corrected chi connectivity index (χ0v) is 14.9. The Morgan fingerprint density at radius 3 is 1.86 bits per heavy atom. The lowest BCUT2D eigenvalue weighted by Crippen LogP contribution is -2.54. The van der Waals surface area contributed by atoms with Gasteiger partial charge < -0.3 is 15.5 Å². The van der Waals surface area contributed by atoms with Crippen molar-refractivity contribution in [3.63, 3.8) is 0 Å². The molecule has 0 aliphatic carbocycles. The van der Waals surface area contributed by atoms with Crippen molar-refractivity contribution < 1.29 is 19.8 Å². The Labute approximate surface area is 137 Å². The maximum absolute atomic E-state index is 11.3. The Morgan fingerprint density at radius 1 is 1.10 bits per heavy atom. The average Bonchev–Trinajstić information content (AvgIpc) is 2.18. The van der Waals surface area contributed by atoms with Crippen LogP contribution in [0.2, 0.25) is 0 Å². The molecule has 2 atom stereocenters. The largest absolute Gasteiger partial charge is 0.480 e. The SMILES string of the molecule is CN(CCNC(C(=O)O)C(C)(C)S)C(C(=O)O)C(C)(C)S. The molecule has 8 heteroatoms. The first kappa shape index (κ1) is 20.6. The van der Waals surface area contributed by atoms with Gasteiger partial charge in [0, 0.05) is 22.6 Å². The van der Waals surface area contributed by atoms with E-state index in [9.17, 15) is 14.7 Å². The number of hydrogen-bond donors (Lipinski definition) is 5. The molecule has 0 saturated heterocycles. The fourth-order valence-corrected chi connectivity index (χ4v) is 2.69. The molecule has 0 aliphatic rings. The lowest BCUT2D eigenvalue weighted by molar-refractivity contribution is -0.144. The third kappa shape index (κ3) is 6.90. The van der Waals surface area contributed by atoms with Crippen molar-refractivity contribution >= 4 is 37.2 Å². The molecule has 0 aliphatic heterocycles. The minimum Gasteiger partial charge on any atom is -0.480 e. The van der Waals surface area contributed by atoms with E-state index in [1.165, 1.54) is 0 Å². The predicted octanol–water partition coefficient (Wildman–Crippen LogP) is 0.831. The average molecular weight is 338 g/mol. The molecule has 0 radical (unpaired) electrons. The molecule has 0 amide bonds. The van der Waals surface area contributed by atoms with E-state index in [0.29, 0.717) is 13.1 Å². The molecule has 0 rings (SSSR count). The summed E-state index contributed by atoms with van der Waals surface area (Å²) >= 11 is 8.59. The van der Waals surface area contributed by atoms with Crippen LogP contribution in [0.15, 0.2) is 0 Å². The molecule has 3 N–H and O–H groups in total. The first-order valence-electron chi connectivity index (χ1n) is 6.62. The number of carboxylic acids is 2. The maximum atomic E-state index is 11.3. The lowest BCUT2D eigenvalue weighted by Gasteiger charge is -2.34. The van der Waals surface area contributed by atoms with Gasteiger partial charge in [0.2, 0.25) is 0 Å². The molecule has 0 aromatic heterocycles.